The lowest BCUT2D eigenvalue weighted by Gasteiger charge is -2.11. The molecule has 6 heteroatoms. The van der Waals surface area contributed by atoms with Gasteiger partial charge in [-0.2, -0.15) is 5.26 Å². The fourth-order valence-corrected chi connectivity index (χ4v) is 2.95. The van der Waals surface area contributed by atoms with Crippen molar-refractivity contribution in [1.82, 2.24) is 5.32 Å². The molecule has 0 aliphatic heterocycles. The number of benzene rings is 3. The van der Waals surface area contributed by atoms with Crippen molar-refractivity contribution in [3.8, 4) is 6.07 Å². The Labute approximate surface area is 175 Å². The summed E-state index contributed by atoms with van der Waals surface area (Å²) in [5.74, 6) is -0.506. The van der Waals surface area contributed by atoms with E-state index in [-0.39, 0.29) is 11.8 Å². The molecule has 0 bridgehead atoms. The maximum atomic E-state index is 12.5. The summed E-state index contributed by atoms with van der Waals surface area (Å²) in [6, 6.07) is 21.4. The van der Waals surface area contributed by atoms with E-state index in [9.17, 15) is 9.59 Å². The summed E-state index contributed by atoms with van der Waals surface area (Å²) in [4.78, 5) is 24.9. The monoisotopic (exact) mass is 398 g/mol. The summed E-state index contributed by atoms with van der Waals surface area (Å²) in [5, 5.41) is 14.7. The summed E-state index contributed by atoms with van der Waals surface area (Å²) in [5.41, 5.74) is 10.3. The summed E-state index contributed by atoms with van der Waals surface area (Å²) < 4.78 is 0. The smallest absolute Gasteiger partial charge is 0.255 e. The molecule has 0 unspecified atom stereocenters. The number of hydrogen-bond donors (Lipinski definition) is 3. The maximum absolute atomic E-state index is 12.5. The molecule has 150 valence electrons. The fourth-order valence-electron chi connectivity index (χ4n) is 2.95. The van der Waals surface area contributed by atoms with Gasteiger partial charge in [0, 0.05) is 29.9 Å². The number of nitrogens with one attached hydrogen (secondary N) is 2. The molecule has 3 aromatic rings. The van der Waals surface area contributed by atoms with Crippen LogP contribution in [0.25, 0.3) is 0 Å². The van der Waals surface area contributed by atoms with Gasteiger partial charge in [0.25, 0.3) is 11.8 Å². The molecule has 2 amide bonds. The van der Waals surface area contributed by atoms with E-state index in [0.29, 0.717) is 35.5 Å². The molecule has 0 aliphatic carbocycles. The molecule has 0 aromatic heterocycles. The first-order valence-electron chi connectivity index (χ1n) is 9.48. The number of hydrogen-bond acceptors (Lipinski definition) is 4. The SMILES string of the molecule is Cc1cc(C(=O)NCc2ccc(CN)cc2)ccc1NC(=O)c1cccc(C#N)c1. The second-order valence-corrected chi connectivity index (χ2v) is 6.88. The van der Waals surface area contributed by atoms with Crippen LogP contribution >= 0.6 is 0 Å². The Bertz CT molecular complexity index is 1110. The molecule has 0 atom stereocenters. The van der Waals surface area contributed by atoms with Crippen molar-refractivity contribution >= 4 is 17.5 Å². The Morgan fingerprint density at radius 1 is 0.933 bits per heavy atom. The molecular weight excluding hydrogens is 376 g/mol. The lowest BCUT2D eigenvalue weighted by atomic mass is 10.1. The molecular formula is C24H22N4O2. The molecule has 0 fully saturated rings. The van der Waals surface area contributed by atoms with Crippen LogP contribution in [0.3, 0.4) is 0 Å². The van der Waals surface area contributed by atoms with Gasteiger partial charge in [-0.3, -0.25) is 9.59 Å². The van der Waals surface area contributed by atoms with Crippen LogP contribution in [0.2, 0.25) is 0 Å². The molecule has 0 spiro atoms. The highest BCUT2D eigenvalue weighted by Crippen LogP contribution is 2.18. The minimum Gasteiger partial charge on any atom is -0.348 e. The van der Waals surface area contributed by atoms with Gasteiger partial charge in [-0.25, -0.2) is 0 Å². The molecule has 4 N–H and O–H groups in total. The van der Waals surface area contributed by atoms with Gasteiger partial charge in [-0.15, -0.1) is 0 Å². The number of amides is 2. The molecule has 3 rings (SSSR count). The zero-order chi connectivity index (χ0) is 21.5. The molecule has 0 heterocycles. The molecule has 0 saturated carbocycles. The Balaban J connectivity index is 1.64. The molecule has 0 radical (unpaired) electrons. The topological polar surface area (TPSA) is 108 Å². The van der Waals surface area contributed by atoms with E-state index < -0.39 is 0 Å². The predicted molar refractivity (Wildman–Crippen MR) is 116 cm³/mol. The Hall–Kier alpha value is -3.95. The molecule has 0 aliphatic rings. The lowest BCUT2D eigenvalue weighted by molar-refractivity contribution is 0.0950. The highest BCUT2D eigenvalue weighted by atomic mass is 16.2. The van der Waals surface area contributed by atoms with E-state index in [2.05, 4.69) is 10.6 Å². The zero-order valence-electron chi connectivity index (χ0n) is 16.6. The second kappa shape index (κ2) is 9.50. The number of carbonyl (C=O) groups is 2. The predicted octanol–water partition coefficient (Wildman–Crippen LogP) is 3.51. The first-order chi connectivity index (χ1) is 14.5. The summed E-state index contributed by atoms with van der Waals surface area (Å²) in [6.45, 7) is 2.72. The van der Waals surface area contributed by atoms with Crippen molar-refractivity contribution in [2.45, 2.75) is 20.0 Å². The van der Waals surface area contributed by atoms with Gasteiger partial charge in [-0.1, -0.05) is 30.3 Å². The van der Waals surface area contributed by atoms with Crippen LogP contribution in [0.15, 0.2) is 66.7 Å². The van der Waals surface area contributed by atoms with E-state index in [0.717, 1.165) is 16.7 Å². The maximum Gasteiger partial charge on any atom is 0.255 e. The van der Waals surface area contributed by atoms with Crippen molar-refractivity contribution in [2.75, 3.05) is 5.32 Å². The number of nitriles is 1. The van der Waals surface area contributed by atoms with Crippen LogP contribution in [0, 0.1) is 18.3 Å². The first-order valence-corrected chi connectivity index (χ1v) is 9.48. The van der Waals surface area contributed by atoms with Gasteiger partial charge in [0.05, 0.1) is 11.6 Å². The minimum atomic E-state index is -0.312. The average molecular weight is 398 g/mol. The number of anilines is 1. The van der Waals surface area contributed by atoms with E-state index in [1.165, 1.54) is 6.07 Å². The molecule has 6 nitrogen and oxygen atoms in total. The van der Waals surface area contributed by atoms with Crippen LogP contribution < -0.4 is 16.4 Å². The van der Waals surface area contributed by atoms with E-state index in [4.69, 9.17) is 11.0 Å². The average Bonchev–Trinajstić information content (AvgIpc) is 2.79. The Kier molecular flexibility index (Phi) is 6.58. The van der Waals surface area contributed by atoms with Gasteiger partial charge in [-0.05, 0) is 60.0 Å². The largest absolute Gasteiger partial charge is 0.348 e. The molecule has 0 saturated heterocycles. The van der Waals surface area contributed by atoms with Crippen LogP contribution in [0.4, 0.5) is 5.69 Å². The van der Waals surface area contributed by atoms with E-state index >= 15 is 0 Å². The highest BCUT2D eigenvalue weighted by Gasteiger charge is 2.11. The van der Waals surface area contributed by atoms with Crippen LogP contribution in [0.1, 0.15) is 43.0 Å². The van der Waals surface area contributed by atoms with Gasteiger partial charge in [0.15, 0.2) is 0 Å². The standard InChI is InChI=1S/C24H22N4O2/c1-16-11-21(23(29)27-15-18-7-5-17(13-25)6-8-18)9-10-22(16)28-24(30)20-4-2-3-19(12-20)14-26/h2-12H,13,15,25H2,1H3,(H,27,29)(H,28,30). The van der Waals surface area contributed by atoms with Crippen LogP contribution in [0.5, 0.6) is 0 Å². The number of carbonyl (C=O) groups excluding carboxylic acids is 2. The Morgan fingerprint density at radius 2 is 1.63 bits per heavy atom. The number of aryl methyl sites for hydroxylation is 1. The normalized spacial score (nSPS) is 10.2. The highest BCUT2D eigenvalue weighted by molar-refractivity contribution is 6.05. The third-order valence-electron chi connectivity index (χ3n) is 4.70. The third kappa shape index (κ3) is 5.10. The molecule has 30 heavy (non-hydrogen) atoms. The lowest BCUT2D eigenvalue weighted by Crippen LogP contribution is -2.23. The van der Waals surface area contributed by atoms with Crippen LogP contribution in [-0.2, 0) is 13.1 Å². The van der Waals surface area contributed by atoms with Crippen molar-refractivity contribution in [2.24, 2.45) is 5.73 Å². The van der Waals surface area contributed by atoms with Gasteiger partial charge in [0.1, 0.15) is 0 Å². The second-order valence-electron chi connectivity index (χ2n) is 6.88. The van der Waals surface area contributed by atoms with Crippen LogP contribution in [-0.4, -0.2) is 11.8 Å². The van der Waals surface area contributed by atoms with Gasteiger partial charge in [0.2, 0.25) is 0 Å². The Morgan fingerprint density at radius 3 is 2.30 bits per heavy atom. The summed E-state index contributed by atoms with van der Waals surface area (Å²) in [7, 11) is 0. The number of nitrogens with zero attached hydrogens (tertiary/aromatic N) is 1. The van der Waals surface area contributed by atoms with Crippen molar-refractivity contribution in [3.05, 3.63) is 100 Å². The van der Waals surface area contributed by atoms with Gasteiger partial charge < -0.3 is 16.4 Å². The third-order valence-corrected chi connectivity index (χ3v) is 4.70. The number of rotatable bonds is 6. The minimum absolute atomic E-state index is 0.194. The number of nitrogens with two attached hydrogens (primary N) is 1. The van der Waals surface area contributed by atoms with Crippen molar-refractivity contribution in [3.63, 3.8) is 0 Å². The van der Waals surface area contributed by atoms with Crippen molar-refractivity contribution < 1.29 is 9.59 Å². The zero-order valence-corrected chi connectivity index (χ0v) is 16.6. The summed E-state index contributed by atoms with van der Waals surface area (Å²) >= 11 is 0. The fraction of sp³-hybridized carbons (Fsp3) is 0.125. The van der Waals surface area contributed by atoms with Gasteiger partial charge >= 0.3 is 0 Å². The van der Waals surface area contributed by atoms with E-state index in [1.807, 2.05) is 37.3 Å². The quantitative estimate of drug-likeness (QED) is 0.590. The first kappa shape index (κ1) is 20.8. The molecule has 3 aromatic carbocycles. The summed E-state index contributed by atoms with van der Waals surface area (Å²) in [6.07, 6.45) is 0. The van der Waals surface area contributed by atoms with Crippen molar-refractivity contribution in [1.29, 1.82) is 5.26 Å². The van der Waals surface area contributed by atoms with E-state index in [1.54, 1.807) is 36.4 Å².